The third kappa shape index (κ3) is 4.87. The van der Waals surface area contributed by atoms with Crippen LogP contribution in [-0.4, -0.2) is 93.0 Å². The molecule has 0 aliphatic carbocycles. The van der Waals surface area contributed by atoms with Gasteiger partial charge in [-0.05, 0) is 12.8 Å². The molecule has 0 unspecified atom stereocenters. The average Bonchev–Trinajstić information content (AvgIpc) is 3.05. The lowest BCUT2D eigenvalue weighted by Crippen LogP contribution is -2.41. The normalized spacial score (nSPS) is 34.0. The van der Waals surface area contributed by atoms with Gasteiger partial charge in [0.05, 0.1) is 31.4 Å². The molecular weight excluding hydrogens is 340 g/mol. The largest absolute Gasteiger partial charge is 0.388 e. The number of hydrogen-bond acceptors (Lipinski definition) is 7. The lowest BCUT2D eigenvalue weighted by Gasteiger charge is -2.26. The Balaban J connectivity index is 1.91. The summed E-state index contributed by atoms with van der Waals surface area (Å²) in [6, 6.07) is 0.0219. The van der Waals surface area contributed by atoms with Crippen LogP contribution in [0.3, 0.4) is 0 Å². The van der Waals surface area contributed by atoms with Gasteiger partial charge in [0.2, 0.25) is 15.9 Å². The van der Waals surface area contributed by atoms with Gasteiger partial charge in [-0.2, -0.15) is 0 Å². The minimum Gasteiger partial charge on any atom is -0.388 e. The average molecular weight is 366 g/mol. The number of likely N-dealkylation sites (tertiary alicyclic amines) is 1. The smallest absolute Gasteiger partial charge is 0.225 e. The molecule has 2 aliphatic heterocycles. The first-order chi connectivity index (χ1) is 11.2. The van der Waals surface area contributed by atoms with Gasteiger partial charge in [0.1, 0.15) is 18.3 Å². The van der Waals surface area contributed by atoms with E-state index in [1.54, 1.807) is 12.0 Å². The van der Waals surface area contributed by atoms with Crippen LogP contribution in [0, 0.1) is 0 Å². The maximum Gasteiger partial charge on any atom is 0.225 e. The molecular formula is C14H26N2O7S. The Hall–Kier alpha value is -0.780. The van der Waals surface area contributed by atoms with Crippen LogP contribution in [0.4, 0.5) is 0 Å². The van der Waals surface area contributed by atoms with Crippen molar-refractivity contribution in [3.05, 3.63) is 0 Å². The van der Waals surface area contributed by atoms with Crippen LogP contribution in [0.5, 0.6) is 0 Å². The van der Waals surface area contributed by atoms with Crippen LogP contribution in [0.2, 0.25) is 0 Å². The van der Waals surface area contributed by atoms with Crippen LogP contribution in [0.15, 0.2) is 0 Å². The van der Waals surface area contributed by atoms with Crippen LogP contribution in [0.1, 0.15) is 19.3 Å². The molecule has 0 aromatic carbocycles. The maximum absolute atomic E-state index is 12.4. The van der Waals surface area contributed by atoms with E-state index in [2.05, 4.69) is 4.72 Å². The molecule has 140 valence electrons. The molecule has 0 spiro atoms. The van der Waals surface area contributed by atoms with Gasteiger partial charge in [0.25, 0.3) is 0 Å². The fourth-order valence-corrected chi connectivity index (χ4v) is 3.68. The lowest BCUT2D eigenvalue weighted by molar-refractivity contribution is -0.137. The van der Waals surface area contributed by atoms with Crippen molar-refractivity contribution in [1.29, 1.82) is 0 Å². The Bertz CT molecular complexity index is 541. The number of nitrogens with zero attached hydrogens (tertiary/aromatic N) is 1. The second kappa shape index (κ2) is 8.07. The third-order valence-electron chi connectivity index (χ3n) is 4.44. The van der Waals surface area contributed by atoms with Crippen molar-refractivity contribution < 1.29 is 32.9 Å². The number of carbonyl (C=O) groups is 1. The van der Waals surface area contributed by atoms with Gasteiger partial charge in [0, 0.05) is 20.2 Å². The predicted molar refractivity (Wildman–Crippen MR) is 84.7 cm³/mol. The molecule has 1 amide bonds. The van der Waals surface area contributed by atoms with E-state index < -0.39 is 34.4 Å². The number of sulfonamides is 1. The zero-order valence-corrected chi connectivity index (χ0v) is 14.7. The van der Waals surface area contributed by atoms with Gasteiger partial charge in [-0.1, -0.05) is 0 Å². The highest BCUT2D eigenvalue weighted by atomic mass is 32.2. The maximum atomic E-state index is 12.4. The Kier molecular flexibility index (Phi) is 6.57. The fraction of sp³-hybridized carbons (Fsp3) is 0.929. The summed E-state index contributed by atoms with van der Waals surface area (Å²) in [7, 11) is -1.85. The van der Waals surface area contributed by atoms with Crippen molar-refractivity contribution in [3.63, 3.8) is 0 Å². The number of aliphatic hydroxyl groups excluding tert-OH is 2. The molecule has 9 nitrogen and oxygen atoms in total. The van der Waals surface area contributed by atoms with Gasteiger partial charge in [-0.25, -0.2) is 13.1 Å². The summed E-state index contributed by atoms with van der Waals surface area (Å²) in [5, 5.41) is 20.1. The van der Waals surface area contributed by atoms with E-state index in [9.17, 15) is 23.4 Å². The standard InChI is InChI=1S/C14H26N2O7S/c1-22-8-9-4-3-5-16(9)12(17)6-10-13(18)14(19)11(23-10)7-15-24(2,20)21/h9-11,13-15,18-19H,3-8H2,1-2H3/t9-,10+,11-,13+,14-/m1/s1. The monoisotopic (exact) mass is 366 g/mol. The molecule has 2 saturated heterocycles. The van der Waals surface area contributed by atoms with Crippen molar-refractivity contribution in [1.82, 2.24) is 9.62 Å². The van der Waals surface area contributed by atoms with Gasteiger partial charge in [-0.15, -0.1) is 0 Å². The molecule has 0 aromatic heterocycles. The molecule has 2 fully saturated rings. The van der Waals surface area contributed by atoms with Crippen molar-refractivity contribution in [2.24, 2.45) is 0 Å². The zero-order chi connectivity index (χ0) is 17.9. The van der Waals surface area contributed by atoms with Gasteiger partial charge >= 0.3 is 0 Å². The molecule has 0 radical (unpaired) electrons. The molecule has 5 atom stereocenters. The number of carbonyl (C=O) groups excluding carboxylic acids is 1. The summed E-state index contributed by atoms with van der Waals surface area (Å²) in [4.78, 5) is 14.2. The Morgan fingerprint density at radius 2 is 2.00 bits per heavy atom. The molecule has 0 aromatic rings. The van der Waals surface area contributed by atoms with E-state index >= 15 is 0 Å². The zero-order valence-electron chi connectivity index (χ0n) is 13.9. The highest BCUT2D eigenvalue weighted by molar-refractivity contribution is 7.88. The van der Waals surface area contributed by atoms with E-state index in [1.807, 2.05) is 0 Å². The van der Waals surface area contributed by atoms with Gasteiger partial charge in [0.15, 0.2) is 0 Å². The molecule has 10 heteroatoms. The first-order valence-electron chi connectivity index (χ1n) is 7.97. The summed E-state index contributed by atoms with van der Waals surface area (Å²) < 4.78 is 35.1. The van der Waals surface area contributed by atoms with Crippen molar-refractivity contribution in [3.8, 4) is 0 Å². The molecule has 3 N–H and O–H groups in total. The summed E-state index contributed by atoms with van der Waals surface area (Å²) in [6.45, 7) is 0.943. The number of methoxy groups -OCH3 is 1. The number of nitrogens with one attached hydrogen (secondary N) is 1. The first kappa shape index (κ1) is 19.5. The summed E-state index contributed by atoms with van der Waals surface area (Å²) in [5.74, 6) is -0.164. The number of hydrogen-bond donors (Lipinski definition) is 3. The SMILES string of the molecule is COC[C@H]1CCCN1C(=O)C[C@@H]1O[C@H](CNS(C)(=O)=O)[C@@H](O)[C@H]1O. The summed E-state index contributed by atoms with van der Waals surface area (Å²) >= 11 is 0. The third-order valence-corrected chi connectivity index (χ3v) is 5.13. The second-order valence-electron chi connectivity index (χ2n) is 6.36. The highest BCUT2D eigenvalue weighted by Gasteiger charge is 2.44. The number of amides is 1. The number of rotatable bonds is 7. The highest BCUT2D eigenvalue weighted by Crippen LogP contribution is 2.26. The lowest BCUT2D eigenvalue weighted by atomic mass is 10.0. The first-order valence-corrected chi connectivity index (χ1v) is 9.86. The summed E-state index contributed by atoms with van der Waals surface area (Å²) in [6.07, 6.45) is -1.52. The molecule has 2 heterocycles. The number of aliphatic hydroxyl groups is 2. The van der Waals surface area contributed by atoms with Crippen LogP contribution in [0.25, 0.3) is 0 Å². The van der Waals surface area contributed by atoms with E-state index in [0.29, 0.717) is 13.2 Å². The number of ether oxygens (including phenoxy) is 2. The minimum absolute atomic E-state index is 0.0219. The molecule has 24 heavy (non-hydrogen) atoms. The molecule has 2 aliphatic rings. The molecule has 2 rings (SSSR count). The van der Waals surface area contributed by atoms with Gasteiger partial charge < -0.3 is 24.6 Å². The van der Waals surface area contributed by atoms with Crippen LogP contribution >= 0.6 is 0 Å². The topological polar surface area (TPSA) is 125 Å². The quantitative estimate of drug-likeness (QED) is 0.478. The van der Waals surface area contributed by atoms with E-state index in [0.717, 1.165) is 19.1 Å². The van der Waals surface area contributed by atoms with Crippen LogP contribution in [-0.2, 0) is 24.3 Å². The van der Waals surface area contributed by atoms with E-state index in [-0.39, 0.29) is 24.9 Å². The van der Waals surface area contributed by atoms with Crippen molar-refractivity contribution in [2.45, 2.75) is 49.7 Å². The molecule has 0 bridgehead atoms. The van der Waals surface area contributed by atoms with Gasteiger partial charge in [-0.3, -0.25) is 4.79 Å². The minimum atomic E-state index is -3.43. The van der Waals surface area contributed by atoms with E-state index in [4.69, 9.17) is 9.47 Å². The fourth-order valence-electron chi connectivity index (χ4n) is 3.22. The Morgan fingerprint density at radius 1 is 1.33 bits per heavy atom. The van der Waals surface area contributed by atoms with E-state index in [1.165, 1.54) is 0 Å². The molecule has 0 saturated carbocycles. The summed E-state index contributed by atoms with van der Waals surface area (Å²) in [5.41, 5.74) is 0. The second-order valence-corrected chi connectivity index (χ2v) is 8.19. The van der Waals surface area contributed by atoms with Crippen molar-refractivity contribution in [2.75, 3.05) is 33.1 Å². The predicted octanol–water partition coefficient (Wildman–Crippen LogP) is -1.95. The van der Waals surface area contributed by atoms with Crippen molar-refractivity contribution >= 4 is 15.9 Å². The van der Waals surface area contributed by atoms with Crippen LogP contribution < -0.4 is 4.72 Å². The Morgan fingerprint density at radius 3 is 2.62 bits per heavy atom. The Labute approximate surface area is 142 Å².